The number of piperazine rings is 1. The lowest BCUT2D eigenvalue weighted by Gasteiger charge is -2.27. The van der Waals surface area contributed by atoms with Gasteiger partial charge in [0.1, 0.15) is 13.2 Å². The van der Waals surface area contributed by atoms with Crippen molar-refractivity contribution in [3.8, 4) is 0 Å². The summed E-state index contributed by atoms with van der Waals surface area (Å²) in [5.74, 6) is -0.216. The Balaban J connectivity index is 2.13. The van der Waals surface area contributed by atoms with Gasteiger partial charge in [0.05, 0.1) is 0 Å². The van der Waals surface area contributed by atoms with E-state index in [1.165, 1.54) is 0 Å². The standard InChI is InChI=1S/C8H14F2N2O2/c9-7(10)5-14-6-8(13)12-3-1-11-2-4-12/h7,11H,1-6H2. The van der Waals surface area contributed by atoms with Gasteiger partial charge in [-0.15, -0.1) is 0 Å². The average molecular weight is 208 g/mol. The van der Waals surface area contributed by atoms with Crippen LogP contribution in [-0.2, 0) is 9.53 Å². The van der Waals surface area contributed by atoms with Gasteiger partial charge < -0.3 is 15.0 Å². The van der Waals surface area contributed by atoms with Crippen molar-refractivity contribution >= 4 is 5.91 Å². The van der Waals surface area contributed by atoms with Gasteiger partial charge in [-0.2, -0.15) is 0 Å². The van der Waals surface area contributed by atoms with Crippen LogP contribution in [0.4, 0.5) is 8.78 Å². The summed E-state index contributed by atoms with van der Waals surface area (Å²) in [6.07, 6.45) is -2.51. The van der Waals surface area contributed by atoms with Crippen LogP contribution < -0.4 is 5.32 Å². The lowest BCUT2D eigenvalue weighted by molar-refractivity contribution is -0.138. The molecule has 0 aromatic carbocycles. The summed E-state index contributed by atoms with van der Waals surface area (Å²) in [7, 11) is 0. The molecule has 0 unspecified atom stereocenters. The quantitative estimate of drug-likeness (QED) is 0.689. The molecule has 0 saturated carbocycles. The Labute approximate surface area is 81.2 Å². The summed E-state index contributed by atoms with van der Waals surface area (Å²) in [6.45, 7) is 1.83. The van der Waals surface area contributed by atoms with Crippen molar-refractivity contribution in [2.45, 2.75) is 6.43 Å². The number of halogens is 2. The number of nitrogens with one attached hydrogen (secondary N) is 1. The third-order valence-electron chi connectivity index (χ3n) is 1.94. The Morgan fingerprint density at radius 3 is 2.64 bits per heavy atom. The van der Waals surface area contributed by atoms with E-state index in [1.54, 1.807) is 4.90 Å². The zero-order valence-electron chi connectivity index (χ0n) is 7.84. The van der Waals surface area contributed by atoms with Crippen molar-refractivity contribution in [3.05, 3.63) is 0 Å². The molecule has 1 rings (SSSR count). The Bertz CT molecular complexity index is 184. The summed E-state index contributed by atoms with van der Waals surface area (Å²) in [6, 6.07) is 0. The summed E-state index contributed by atoms with van der Waals surface area (Å²) < 4.78 is 27.9. The van der Waals surface area contributed by atoms with Gasteiger partial charge in [-0.3, -0.25) is 4.79 Å². The van der Waals surface area contributed by atoms with E-state index in [9.17, 15) is 13.6 Å². The van der Waals surface area contributed by atoms with Crippen LogP contribution in [0.5, 0.6) is 0 Å². The van der Waals surface area contributed by atoms with Crippen molar-refractivity contribution < 1.29 is 18.3 Å². The van der Waals surface area contributed by atoms with E-state index in [0.717, 1.165) is 13.1 Å². The molecular formula is C8H14F2N2O2. The van der Waals surface area contributed by atoms with Gasteiger partial charge in [0.2, 0.25) is 5.91 Å². The van der Waals surface area contributed by atoms with Crippen LogP contribution >= 0.6 is 0 Å². The third-order valence-corrected chi connectivity index (χ3v) is 1.94. The Kier molecular flexibility index (Phi) is 4.75. The molecule has 1 saturated heterocycles. The Hall–Kier alpha value is -0.750. The molecule has 14 heavy (non-hydrogen) atoms. The normalized spacial score (nSPS) is 17.5. The molecule has 0 aromatic rings. The van der Waals surface area contributed by atoms with Gasteiger partial charge in [-0.05, 0) is 0 Å². The van der Waals surface area contributed by atoms with E-state index in [0.29, 0.717) is 13.1 Å². The molecule has 0 atom stereocenters. The first-order chi connectivity index (χ1) is 6.70. The molecule has 6 heteroatoms. The van der Waals surface area contributed by atoms with E-state index in [-0.39, 0.29) is 12.5 Å². The van der Waals surface area contributed by atoms with Crippen LogP contribution in [0, 0.1) is 0 Å². The average Bonchev–Trinajstić information content (AvgIpc) is 2.18. The molecule has 0 spiro atoms. The lowest BCUT2D eigenvalue weighted by Crippen LogP contribution is -2.47. The number of hydrogen-bond donors (Lipinski definition) is 1. The van der Waals surface area contributed by atoms with Gasteiger partial charge >= 0.3 is 0 Å². The molecular weight excluding hydrogens is 194 g/mol. The molecule has 1 N–H and O–H groups in total. The molecule has 1 amide bonds. The maximum atomic E-state index is 11.7. The first-order valence-corrected chi connectivity index (χ1v) is 4.54. The smallest absolute Gasteiger partial charge is 0.261 e. The second kappa shape index (κ2) is 5.87. The van der Waals surface area contributed by atoms with Crippen LogP contribution in [0.2, 0.25) is 0 Å². The van der Waals surface area contributed by atoms with Crippen molar-refractivity contribution in [2.75, 3.05) is 39.4 Å². The number of ether oxygens (including phenoxy) is 1. The fourth-order valence-electron chi connectivity index (χ4n) is 1.24. The van der Waals surface area contributed by atoms with E-state index >= 15 is 0 Å². The van der Waals surface area contributed by atoms with Gasteiger partial charge in [-0.25, -0.2) is 8.78 Å². The van der Waals surface area contributed by atoms with Crippen LogP contribution in [0.15, 0.2) is 0 Å². The number of amides is 1. The topological polar surface area (TPSA) is 41.6 Å². The maximum Gasteiger partial charge on any atom is 0.261 e. The molecule has 1 heterocycles. The number of carbonyl (C=O) groups excluding carboxylic acids is 1. The fraction of sp³-hybridized carbons (Fsp3) is 0.875. The summed E-state index contributed by atoms with van der Waals surface area (Å²) in [5, 5.41) is 3.09. The van der Waals surface area contributed by atoms with Crippen molar-refractivity contribution in [1.82, 2.24) is 10.2 Å². The molecule has 4 nitrogen and oxygen atoms in total. The van der Waals surface area contributed by atoms with E-state index < -0.39 is 13.0 Å². The molecule has 1 fully saturated rings. The maximum absolute atomic E-state index is 11.7. The first-order valence-electron chi connectivity index (χ1n) is 4.54. The zero-order valence-corrected chi connectivity index (χ0v) is 7.84. The highest BCUT2D eigenvalue weighted by Gasteiger charge is 2.16. The predicted molar refractivity (Wildman–Crippen MR) is 46.3 cm³/mol. The van der Waals surface area contributed by atoms with Gasteiger partial charge in [-0.1, -0.05) is 0 Å². The number of rotatable bonds is 4. The largest absolute Gasteiger partial charge is 0.366 e. The van der Waals surface area contributed by atoms with E-state index in [2.05, 4.69) is 10.1 Å². The van der Waals surface area contributed by atoms with Crippen LogP contribution in [-0.4, -0.2) is 56.6 Å². The van der Waals surface area contributed by atoms with Crippen LogP contribution in [0.25, 0.3) is 0 Å². The highest BCUT2D eigenvalue weighted by molar-refractivity contribution is 5.77. The number of carbonyl (C=O) groups is 1. The van der Waals surface area contributed by atoms with Crippen LogP contribution in [0.3, 0.4) is 0 Å². The summed E-state index contributed by atoms with van der Waals surface area (Å²) in [5.41, 5.74) is 0. The summed E-state index contributed by atoms with van der Waals surface area (Å²) >= 11 is 0. The molecule has 1 aliphatic rings. The van der Waals surface area contributed by atoms with Gasteiger partial charge in [0, 0.05) is 26.2 Å². The van der Waals surface area contributed by atoms with Gasteiger partial charge in [0.15, 0.2) is 0 Å². The SMILES string of the molecule is O=C(COCC(F)F)N1CCNCC1. The van der Waals surface area contributed by atoms with Crippen molar-refractivity contribution in [1.29, 1.82) is 0 Å². The first kappa shape index (κ1) is 11.3. The minimum Gasteiger partial charge on any atom is -0.366 e. The molecule has 0 aromatic heterocycles. The number of alkyl halides is 2. The summed E-state index contributed by atoms with van der Waals surface area (Å²) in [4.78, 5) is 12.9. The lowest BCUT2D eigenvalue weighted by atomic mass is 10.3. The van der Waals surface area contributed by atoms with Crippen LogP contribution in [0.1, 0.15) is 0 Å². The Morgan fingerprint density at radius 1 is 1.43 bits per heavy atom. The minimum absolute atomic E-state index is 0.216. The molecule has 1 aliphatic heterocycles. The molecule has 0 aliphatic carbocycles. The molecule has 0 radical (unpaired) electrons. The van der Waals surface area contributed by atoms with Crippen molar-refractivity contribution in [3.63, 3.8) is 0 Å². The second-order valence-corrected chi connectivity index (χ2v) is 3.04. The minimum atomic E-state index is -2.51. The molecule has 0 bridgehead atoms. The number of hydrogen-bond acceptors (Lipinski definition) is 3. The van der Waals surface area contributed by atoms with Gasteiger partial charge in [0.25, 0.3) is 6.43 Å². The monoisotopic (exact) mass is 208 g/mol. The van der Waals surface area contributed by atoms with E-state index in [1.807, 2.05) is 0 Å². The molecule has 82 valence electrons. The van der Waals surface area contributed by atoms with Crippen molar-refractivity contribution in [2.24, 2.45) is 0 Å². The highest BCUT2D eigenvalue weighted by atomic mass is 19.3. The third kappa shape index (κ3) is 3.97. The van der Waals surface area contributed by atoms with E-state index in [4.69, 9.17) is 0 Å². The number of nitrogens with zero attached hydrogens (tertiary/aromatic N) is 1. The second-order valence-electron chi connectivity index (χ2n) is 3.04. The highest BCUT2D eigenvalue weighted by Crippen LogP contribution is 1.96. The zero-order chi connectivity index (χ0) is 10.4. The predicted octanol–water partition coefficient (Wildman–Crippen LogP) is -0.300. The Morgan fingerprint density at radius 2 is 2.07 bits per heavy atom. The fourth-order valence-corrected chi connectivity index (χ4v) is 1.24.